The summed E-state index contributed by atoms with van der Waals surface area (Å²) in [6.07, 6.45) is 0. The number of nitrogens with one attached hydrogen (secondary N) is 1. The zero-order valence-electron chi connectivity index (χ0n) is 12.2. The van der Waals surface area contributed by atoms with Crippen LogP contribution in [0.1, 0.15) is 0 Å². The van der Waals surface area contributed by atoms with Gasteiger partial charge in [0.05, 0.1) is 7.82 Å². The second-order valence-corrected chi connectivity index (χ2v) is 3.04. The van der Waals surface area contributed by atoms with Crippen LogP contribution in [-0.2, 0) is 9.36 Å². The van der Waals surface area contributed by atoms with Crippen molar-refractivity contribution in [2.45, 2.75) is 0 Å². The third-order valence-corrected chi connectivity index (χ3v) is 0.784. The Morgan fingerprint density at radius 1 is 1.14 bits per heavy atom. The van der Waals surface area contributed by atoms with Crippen LogP contribution in [0, 0.1) is 5.41 Å². The molecule has 0 amide bonds. The summed E-state index contributed by atoms with van der Waals surface area (Å²) in [6.45, 7) is -0.227. The number of carboxylic acid groups (broad SMARTS) is 1. The molecule has 0 aromatic carbocycles. The van der Waals surface area contributed by atoms with Crippen LogP contribution in [0.2, 0.25) is 0 Å². The van der Waals surface area contributed by atoms with Gasteiger partial charge in [-0.15, -0.1) is 0 Å². The molecule has 15 nitrogen and oxygen atoms in total. The predicted molar refractivity (Wildman–Crippen MR) is 63.7 cm³/mol. The number of nitrogens with two attached hydrogens (primary N) is 1. The molecule has 0 aliphatic carbocycles. The van der Waals surface area contributed by atoms with Gasteiger partial charge in [0.1, 0.15) is 6.54 Å². The molecule has 0 fully saturated rings. The fraction of sp³-hybridized carbons (Fsp3) is 0.500. The molecule has 132 valence electrons. The van der Waals surface area contributed by atoms with E-state index in [0.717, 1.165) is 4.90 Å². The van der Waals surface area contributed by atoms with Gasteiger partial charge >= 0.3 is 65.1 Å². The molecular weight excluding hydrogens is 359 g/mol. The molecule has 0 atom stereocenters. The second kappa shape index (κ2) is 33.3. The summed E-state index contributed by atoms with van der Waals surface area (Å²) in [7, 11) is -3.70. The minimum absolute atomic E-state index is 0. The van der Waals surface area contributed by atoms with Gasteiger partial charge in [-0.2, -0.15) is 0 Å². The fourth-order valence-electron chi connectivity index (χ4n) is 0.288. The van der Waals surface area contributed by atoms with Gasteiger partial charge in [-0.05, 0) is 0 Å². The molecule has 0 rings (SSSR count). The van der Waals surface area contributed by atoms with Crippen molar-refractivity contribution in [3.8, 4) is 0 Å². The molecule has 0 heterocycles. The summed E-state index contributed by atoms with van der Waals surface area (Å²) in [4.78, 5) is 35.3. The Labute approximate surface area is 169 Å². The number of likely N-dealkylation sites (N-methyl/N-ethyl adjacent to an activating group) is 1. The normalized spacial score (nSPS) is 6.18. The first-order valence-corrected chi connectivity index (χ1v) is 4.55. The van der Waals surface area contributed by atoms with E-state index in [1.807, 2.05) is 0 Å². The maximum atomic E-state index is 9.92. The van der Waals surface area contributed by atoms with Crippen LogP contribution in [-0.4, -0.2) is 73.3 Å². The van der Waals surface area contributed by atoms with Crippen molar-refractivity contribution < 1.29 is 121 Å². The molecule has 0 aliphatic heterocycles. The number of carboxylic acids is 1. The van der Waals surface area contributed by atoms with Crippen LogP contribution in [0.4, 0.5) is 0 Å². The topological polar surface area (TPSA) is 363 Å². The van der Waals surface area contributed by atoms with E-state index in [1.54, 1.807) is 0 Å². The van der Waals surface area contributed by atoms with Crippen molar-refractivity contribution in [2.24, 2.45) is 5.73 Å². The minimum atomic E-state index is -5.14. The number of rotatable bonds is 2. The van der Waals surface area contributed by atoms with Crippen LogP contribution in [0.3, 0.4) is 0 Å². The summed E-state index contributed by atoms with van der Waals surface area (Å²) in [5, 5.41) is 14.9. The number of hydrogen-bond donors (Lipinski definition) is 4. The van der Waals surface area contributed by atoms with E-state index < -0.39 is 13.8 Å². The Kier molecular flexibility index (Phi) is 100. The van der Waals surface area contributed by atoms with Crippen LogP contribution in [0.25, 0.3) is 0 Å². The Morgan fingerprint density at radius 2 is 1.32 bits per heavy atom. The molecule has 0 saturated carbocycles. The van der Waals surface area contributed by atoms with Gasteiger partial charge in [0.25, 0.3) is 0 Å². The van der Waals surface area contributed by atoms with Gasteiger partial charge in [-0.1, -0.05) is 0 Å². The SMILES string of the molecule is CN(CC(=O)O)C(=N)N.O.O.O.O.O.O.O=P([O-])([O-])O.[Na+].[Na+]. The summed E-state index contributed by atoms with van der Waals surface area (Å²) in [5.41, 5.74) is 4.93. The number of aliphatic carboxylic acids is 1. The van der Waals surface area contributed by atoms with Crippen molar-refractivity contribution in [1.29, 1.82) is 5.41 Å². The van der Waals surface area contributed by atoms with Crippen molar-refractivity contribution in [3.05, 3.63) is 0 Å². The molecule has 22 heavy (non-hydrogen) atoms. The van der Waals surface area contributed by atoms with E-state index in [4.69, 9.17) is 35.5 Å². The van der Waals surface area contributed by atoms with E-state index >= 15 is 0 Å². The van der Waals surface area contributed by atoms with Gasteiger partial charge in [0, 0.05) is 7.05 Å². The molecule has 0 radical (unpaired) electrons. The molecule has 0 spiro atoms. The predicted octanol–water partition coefficient (Wildman–Crippen LogP) is -14.2. The first-order chi connectivity index (χ1) is 6.04. The quantitative estimate of drug-likeness (QED) is 0.153. The van der Waals surface area contributed by atoms with Crippen LogP contribution in [0.15, 0.2) is 0 Å². The van der Waals surface area contributed by atoms with Gasteiger partial charge in [0.15, 0.2) is 5.96 Å². The number of nitrogens with zero attached hydrogens (tertiary/aromatic N) is 1. The average Bonchev–Trinajstić information content (AvgIpc) is 1.80. The van der Waals surface area contributed by atoms with Gasteiger partial charge in [-0.25, -0.2) is 0 Å². The monoisotopic (exact) mass is 381 g/mol. The maximum absolute atomic E-state index is 9.92. The minimum Gasteiger partial charge on any atom is -0.790 e. The number of hydrogen-bond acceptors (Lipinski definition) is 5. The molecule has 0 aromatic rings. The third kappa shape index (κ3) is 107. The number of guanidine groups is 1. The molecule has 0 aromatic heterocycles. The number of phosphoric acid groups is 1. The molecule has 17 N–H and O–H groups in total. The van der Waals surface area contributed by atoms with E-state index in [9.17, 15) is 4.79 Å². The molecule has 0 aliphatic rings. The van der Waals surface area contributed by atoms with Crippen molar-refractivity contribution in [3.63, 3.8) is 0 Å². The van der Waals surface area contributed by atoms with Crippen LogP contribution in [0.5, 0.6) is 0 Å². The summed E-state index contributed by atoms with van der Waals surface area (Å²) in [5.74, 6) is -1.23. The van der Waals surface area contributed by atoms with E-state index in [0.29, 0.717) is 0 Å². The van der Waals surface area contributed by atoms with E-state index in [2.05, 4.69) is 0 Å². The number of carbonyl (C=O) groups is 1. The Bertz CT molecular complexity index is 256. The van der Waals surface area contributed by atoms with Crippen molar-refractivity contribution in [2.75, 3.05) is 13.6 Å². The van der Waals surface area contributed by atoms with Gasteiger partial charge in [-0.3, -0.25) is 10.2 Å². The van der Waals surface area contributed by atoms with Crippen LogP contribution < -0.4 is 74.6 Å². The first-order valence-electron chi connectivity index (χ1n) is 3.05. The van der Waals surface area contributed by atoms with Crippen LogP contribution >= 0.6 is 7.82 Å². The summed E-state index contributed by atoms with van der Waals surface area (Å²) < 4.78 is 8.66. The zero-order chi connectivity index (χ0) is 11.9. The van der Waals surface area contributed by atoms with Gasteiger partial charge < -0.3 is 67.8 Å². The molecular formula is C4H22N3Na2O12P. The zero-order valence-corrected chi connectivity index (χ0v) is 17.1. The molecule has 0 unspecified atom stereocenters. The van der Waals surface area contributed by atoms with Crippen molar-refractivity contribution in [1.82, 2.24) is 4.90 Å². The average molecular weight is 381 g/mol. The Balaban J connectivity index is -0.0000000128. The Morgan fingerprint density at radius 3 is 1.36 bits per heavy atom. The fourth-order valence-corrected chi connectivity index (χ4v) is 0.288. The first kappa shape index (κ1) is 66.4. The molecule has 0 saturated heterocycles. The van der Waals surface area contributed by atoms with Crippen molar-refractivity contribution >= 4 is 19.8 Å². The maximum Gasteiger partial charge on any atom is 1.00 e. The van der Waals surface area contributed by atoms with Gasteiger partial charge in [0.2, 0.25) is 0 Å². The Hall–Kier alpha value is 0.610. The van der Waals surface area contributed by atoms with E-state index in [1.165, 1.54) is 7.05 Å². The second-order valence-electron chi connectivity index (χ2n) is 2.10. The smallest absolute Gasteiger partial charge is 0.790 e. The largest absolute Gasteiger partial charge is 1.00 e. The molecule has 0 bridgehead atoms. The molecule has 18 heteroatoms. The standard InChI is InChI=1S/C4H9N3O2.2Na.H3O4P.6H2O/c1-7(4(5)6)2-3(8)9;;;1-5(2,3)4;;;;;;/h2H2,1H3,(H3,5,6)(H,8,9);;;(H3,1,2,3,4);6*1H2/q;2*+1;;;;;;;/p-2. The van der Waals surface area contributed by atoms with E-state index in [-0.39, 0.29) is 104 Å². The summed E-state index contributed by atoms with van der Waals surface area (Å²) in [6, 6.07) is 0. The third-order valence-electron chi connectivity index (χ3n) is 0.784. The summed E-state index contributed by atoms with van der Waals surface area (Å²) >= 11 is 0.